The molecule has 1 aliphatic heterocycles. The van der Waals surface area contributed by atoms with Crippen molar-refractivity contribution in [1.29, 1.82) is 0 Å². The number of carbonyl (C=O) groups excluding carboxylic acids is 1. The largest absolute Gasteiger partial charge is 0.481 e. The molecule has 2 aliphatic rings. The molecule has 0 bridgehead atoms. The summed E-state index contributed by atoms with van der Waals surface area (Å²) in [6.07, 6.45) is 2.31. The van der Waals surface area contributed by atoms with Crippen molar-refractivity contribution in [3.05, 3.63) is 0 Å². The van der Waals surface area contributed by atoms with E-state index in [0.29, 0.717) is 25.3 Å². The van der Waals surface area contributed by atoms with Crippen LogP contribution in [0.5, 0.6) is 0 Å². The third kappa shape index (κ3) is 2.29. The van der Waals surface area contributed by atoms with E-state index in [0.717, 1.165) is 13.0 Å². The van der Waals surface area contributed by atoms with Crippen LogP contribution in [0.15, 0.2) is 0 Å². The summed E-state index contributed by atoms with van der Waals surface area (Å²) in [5, 5.41) is 15.1. The van der Waals surface area contributed by atoms with Crippen LogP contribution in [-0.2, 0) is 9.59 Å². The Labute approximate surface area is 101 Å². The lowest BCUT2D eigenvalue weighted by molar-refractivity contribution is -0.154. The van der Waals surface area contributed by atoms with E-state index < -0.39 is 11.4 Å². The molecule has 1 amide bonds. The summed E-state index contributed by atoms with van der Waals surface area (Å²) in [4.78, 5) is 23.1. The minimum Gasteiger partial charge on any atom is -0.481 e. The van der Waals surface area contributed by atoms with E-state index in [4.69, 9.17) is 5.11 Å². The number of aliphatic carboxylic acids is 1. The first kappa shape index (κ1) is 12.4. The van der Waals surface area contributed by atoms with Crippen molar-refractivity contribution in [2.75, 3.05) is 19.6 Å². The summed E-state index contributed by atoms with van der Waals surface area (Å²) in [5.41, 5.74) is -0.690. The SMILES string of the molecule is C[C@@H]1CNC[C@H]1C(=O)NCC1(C(=O)O)CCC1. The van der Waals surface area contributed by atoms with E-state index in [9.17, 15) is 9.59 Å². The maximum atomic E-state index is 11.9. The molecule has 5 heteroatoms. The number of amides is 1. The van der Waals surface area contributed by atoms with Gasteiger partial charge in [0.1, 0.15) is 0 Å². The van der Waals surface area contributed by atoms with Gasteiger partial charge in [-0.15, -0.1) is 0 Å². The Morgan fingerprint density at radius 2 is 2.12 bits per heavy atom. The molecular weight excluding hydrogens is 220 g/mol. The van der Waals surface area contributed by atoms with Gasteiger partial charge in [0.25, 0.3) is 0 Å². The van der Waals surface area contributed by atoms with Crippen molar-refractivity contribution in [2.45, 2.75) is 26.2 Å². The normalized spacial score (nSPS) is 30.6. The molecule has 17 heavy (non-hydrogen) atoms. The number of rotatable bonds is 4. The van der Waals surface area contributed by atoms with Gasteiger partial charge in [-0.25, -0.2) is 0 Å². The van der Waals surface area contributed by atoms with E-state index in [2.05, 4.69) is 10.6 Å². The highest BCUT2D eigenvalue weighted by Gasteiger charge is 2.45. The van der Waals surface area contributed by atoms with Gasteiger partial charge in [0.05, 0.1) is 11.3 Å². The summed E-state index contributed by atoms with van der Waals surface area (Å²) in [6, 6.07) is 0. The molecule has 0 aromatic carbocycles. The predicted molar refractivity (Wildman–Crippen MR) is 62.5 cm³/mol. The molecule has 0 aromatic heterocycles. The van der Waals surface area contributed by atoms with E-state index in [-0.39, 0.29) is 18.4 Å². The van der Waals surface area contributed by atoms with Gasteiger partial charge in [0.15, 0.2) is 0 Å². The second-order valence-corrected chi connectivity index (χ2v) is 5.40. The summed E-state index contributed by atoms with van der Waals surface area (Å²) >= 11 is 0. The third-order valence-electron chi connectivity index (χ3n) is 4.22. The average Bonchev–Trinajstić information content (AvgIpc) is 2.62. The monoisotopic (exact) mass is 240 g/mol. The summed E-state index contributed by atoms with van der Waals surface area (Å²) in [5.74, 6) is -0.463. The Kier molecular flexibility index (Phi) is 3.38. The van der Waals surface area contributed by atoms with E-state index >= 15 is 0 Å². The molecule has 0 spiro atoms. The Hall–Kier alpha value is -1.10. The number of carboxylic acid groups (broad SMARTS) is 1. The first-order valence-corrected chi connectivity index (χ1v) is 6.27. The van der Waals surface area contributed by atoms with Crippen LogP contribution < -0.4 is 10.6 Å². The smallest absolute Gasteiger partial charge is 0.311 e. The zero-order valence-electron chi connectivity index (χ0n) is 10.2. The number of nitrogens with one attached hydrogen (secondary N) is 2. The summed E-state index contributed by atoms with van der Waals surface area (Å²) in [7, 11) is 0. The molecule has 2 fully saturated rings. The van der Waals surface area contributed by atoms with Crippen molar-refractivity contribution in [2.24, 2.45) is 17.3 Å². The van der Waals surface area contributed by atoms with Gasteiger partial charge < -0.3 is 15.7 Å². The van der Waals surface area contributed by atoms with Crippen LogP contribution in [0.1, 0.15) is 26.2 Å². The Bertz CT molecular complexity index is 326. The molecule has 1 heterocycles. The molecule has 96 valence electrons. The zero-order valence-corrected chi connectivity index (χ0v) is 10.2. The fourth-order valence-corrected chi connectivity index (χ4v) is 2.62. The second kappa shape index (κ2) is 4.64. The van der Waals surface area contributed by atoms with Crippen molar-refractivity contribution in [1.82, 2.24) is 10.6 Å². The number of hydrogen-bond acceptors (Lipinski definition) is 3. The predicted octanol–water partition coefficient (Wildman–Crippen LogP) is 0.213. The highest BCUT2D eigenvalue weighted by Crippen LogP contribution is 2.40. The molecule has 2 rings (SSSR count). The number of hydrogen-bond donors (Lipinski definition) is 3. The van der Waals surface area contributed by atoms with E-state index in [1.807, 2.05) is 6.92 Å². The molecule has 0 unspecified atom stereocenters. The molecule has 5 nitrogen and oxygen atoms in total. The van der Waals surface area contributed by atoms with Gasteiger partial charge >= 0.3 is 5.97 Å². The van der Waals surface area contributed by atoms with Crippen LogP contribution in [0.2, 0.25) is 0 Å². The Balaban J connectivity index is 1.85. The highest BCUT2D eigenvalue weighted by atomic mass is 16.4. The van der Waals surface area contributed by atoms with E-state index in [1.54, 1.807) is 0 Å². The van der Waals surface area contributed by atoms with Crippen molar-refractivity contribution < 1.29 is 14.7 Å². The Morgan fingerprint density at radius 1 is 1.41 bits per heavy atom. The second-order valence-electron chi connectivity index (χ2n) is 5.40. The lowest BCUT2D eigenvalue weighted by atomic mass is 9.68. The van der Waals surface area contributed by atoms with Crippen molar-refractivity contribution >= 4 is 11.9 Å². The van der Waals surface area contributed by atoms with Crippen LogP contribution in [0.3, 0.4) is 0 Å². The van der Waals surface area contributed by atoms with Crippen LogP contribution in [0.25, 0.3) is 0 Å². The average molecular weight is 240 g/mol. The maximum Gasteiger partial charge on any atom is 0.311 e. The molecule has 1 aliphatic carbocycles. The maximum absolute atomic E-state index is 11.9. The van der Waals surface area contributed by atoms with Gasteiger partial charge in [-0.05, 0) is 25.3 Å². The first-order chi connectivity index (χ1) is 8.05. The zero-order chi connectivity index (χ0) is 12.5. The molecule has 0 radical (unpaired) electrons. The number of carboxylic acids is 1. The fourth-order valence-electron chi connectivity index (χ4n) is 2.62. The number of carbonyl (C=O) groups is 2. The van der Waals surface area contributed by atoms with E-state index in [1.165, 1.54) is 0 Å². The standard InChI is InChI=1S/C12H20N2O3/c1-8-5-13-6-9(8)10(15)14-7-12(11(16)17)3-2-4-12/h8-9,13H,2-7H2,1H3,(H,14,15)(H,16,17)/t8-,9-/m1/s1. The van der Waals surface area contributed by atoms with Crippen LogP contribution in [-0.4, -0.2) is 36.6 Å². The topological polar surface area (TPSA) is 78.4 Å². The third-order valence-corrected chi connectivity index (χ3v) is 4.22. The van der Waals surface area contributed by atoms with Gasteiger partial charge in [-0.1, -0.05) is 13.3 Å². The first-order valence-electron chi connectivity index (χ1n) is 6.27. The highest BCUT2D eigenvalue weighted by molar-refractivity contribution is 5.81. The van der Waals surface area contributed by atoms with Gasteiger partial charge in [-0.2, -0.15) is 0 Å². The van der Waals surface area contributed by atoms with Crippen molar-refractivity contribution in [3.63, 3.8) is 0 Å². The quantitative estimate of drug-likeness (QED) is 0.656. The van der Waals surface area contributed by atoms with Gasteiger partial charge in [0.2, 0.25) is 5.91 Å². The fraction of sp³-hybridized carbons (Fsp3) is 0.833. The molecule has 3 N–H and O–H groups in total. The minimum absolute atomic E-state index is 0.00461. The molecule has 1 saturated heterocycles. The molecular formula is C12H20N2O3. The van der Waals surface area contributed by atoms with Gasteiger partial charge in [-0.3, -0.25) is 9.59 Å². The molecule has 2 atom stereocenters. The van der Waals surface area contributed by atoms with Crippen molar-refractivity contribution in [3.8, 4) is 0 Å². The van der Waals surface area contributed by atoms with Crippen LogP contribution in [0, 0.1) is 17.3 Å². The summed E-state index contributed by atoms with van der Waals surface area (Å²) < 4.78 is 0. The molecule has 1 saturated carbocycles. The Morgan fingerprint density at radius 3 is 2.53 bits per heavy atom. The lowest BCUT2D eigenvalue weighted by Gasteiger charge is -2.37. The lowest BCUT2D eigenvalue weighted by Crippen LogP contribution is -2.49. The van der Waals surface area contributed by atoms with Crippen LogP contribution in [0.4, 0.5) is 0 Å². The van der Waals surface area contributed by atoms with Crippen LogP contribution >= 0.6 is 0 Å². The summed E-state index contributed by atoms with van der Waals surface area (Å²) in [6.45, 7) is 3.89. The molecule has 0 aromatic rings. The van der Waals surface area contributed by atoms with Gasteiger partial charge in [0, 0.05) is 13.1 Å². The minimum atomic E-state index is -0.776.